The molecule has 1 radical (unpaired) electrons. The van der Waals surface area contributed by atoms with Crippen molar-refractivity contribution >= 4 is 11.3 Å². The molecule has 17 heavy (non-hydrogen) atoms. The van der Waals surface area contributed by atoms with Crippen LogP contribution in [0.1, 0.15) is 23.8 Å². The van der Waals surface area contributed by atoms with Crippen molar-refractivity contribution in [3.8, 4) is 10.4 Å². The van der Waals surface area contributed by atoms with Crippen LogP contribution in [-0.4, -0.2) is 18.1 Å². The quantitative estimate of drug-likeness (QED) is 0.876. The van der Waals surface area contributed by atoms with E-state index in [4.69, 9.17) is 0 Å². The van der Waals surface area contributed by atoms with Gasteiger partial charge in [-0.05, 0) is 32.0 Å². The summed E-state index contributed by atoms with van der Waals surface area (Å²) in [4.78, 5) is 5.82. The molecule has 1 aliphatic rings. The lowest BCUT2D eigenvalue weighted by atomic mass is 9.99. The Morgan fingerprint density at radius 2 is 2.18 bits per heavy atom. The lowest BCUT2D eigenvalue weighted by molar-refractivity contribution is 0.459. The highest BCUT2D eigenvalue weighted by Crippen LogP contribution is 2.33. The summed E-state index contributed by atoms with van der Waals surface area (Å²) in [5.41, 5.74) is 1.16. The van der Waals surface area contributed by atoms with E-state index in [-0.39, 0.29) is 0 Å². The predicted octanol–water partition coefficient (Wildman–Crippen LogP) is 3.08. The molecule has 0 bridgehead atoms. The van der Waals surface area contributed by atoms with Crippen molar-refractivity contribution in [3.63, 3.8) is 0 Å². The number of aromatic nitrogens is 1. The molecule has 0 spiro atoms. The van der Waals surface area contributed by atoms with E-state index < -0.39 is 0 Å². The Morgan fingerprint density at radius 3 is 2.94 bits per heavy atom. The lowest BCUT2D eigenvalue weighted by Crippen LogP contribution is -2.26. The molecule has 1 aromatic carbocycles. The SMILES string of the molecule is [c]1ccccc1-c1cnc(C2CCNCC2)s1. The van der Waals surface area contributed by atoms with Crippen molar-refractivity contribution in [2.75, 3.05) is 13.1 Å². The van der Waals surface area contributed by atoms with Crippen LogP contribution in [0.5, 0.6) is 0 Å². The van der Waals surface area contributed by atoms with Crippen molar-refractivity contribution in [2.45, 2.75) is 18.8 Å². The molecular formula is C14H15N2S. The summed E-state index contributed by atoms with van der Waals surface area (Å²) >= 11 is 1.82. The first-order valence-corrected chi connectivity index (χ1v) is 6.88. The topological polar surface area (TPSA) is 24.9 Å². The minimum atomic E-state index is 0.652. The standard InChI is InChI=1S/C14H15N2S/c1-2-4-11(5-3-1)13-10-16-14(17-13)12-6-8-15-9-7-12/h1-4,10,12,15H,6-9H2. The van der Waals surface area contributed by atoms with E-state index in [0.29, 0.717) is 5.92 Å². The van der Waals surface area contributed by atoms with Gasteiger partial charge in [0.15, 0.2) is 0 Å². The van der Waals surface area contributed by atoms with Gasteiger partial charge in [-0.1, -0.05) is 24.3 Å². The van der Waals surface area contributed by atoms with Gasteiger partial charge < -0.3 is 5.32 Å². The number of hydrogen-bond donors (Lipinski definition) is 1. The molecule has 0 atom stereocenters. The molecule has 1 N–H and O–H groups in total. The number of nitrogens with one attached hydrogen (secondary N) is 1. The monoisotopic (exact) mass is 243 g/mol. The van der Waals surface area contributed by atoms with E-state index in [1.54, 1.807) is 0 Å². The van der Waals surface area contributed by atoms with Crippen LogP contribution in [0.4, 0.5) is 0 Å². The predicted molar refractivity (Wildman–Crippen MR) is 71.2 cm³/mol. The maximum Gasteiger partial charge on any atom is 0.0963 e. The molecular weight excluding hydrogens is 228 g/mol. The number of rotatable bonds is 2. The smallest absolute Gasteiger partial charge is 0.0963 e. The molecule has 0 amide bonds. The zero-order chi connectivity index (χ0) is 11.5. The van der Waals surface area contributed by atoms with E-state index >= 15 is 0 Å². The summed E-state index contributed by atoms with van der Waals surface area (Å²) < 4.78 is 0. The molecule has 0 saturated carbocycles. The number of thiazole rings is 1. The highest BCUT2D eigenvalue weighted by atomic mass is 32.1. The van der Waals surface area contributed by atoms with Crippen LogP contribution in [0.25, 0.3) is 10.4 Å². The Bertz CT molecular complexity index is 472. The number of benzene rings is 1. The summed E-state index contributed by atoms with van der Waals surface area (Å²) in [5.74, 6) is 0.652. The van der Waals surface area contributed by atoms with E-state index in [2.05, 4.69) is 28.5 Å². The summed E-state index contributed by atoms with van der Waals surface area (Å²) in [7, 11) is 0. The van der Waals surface area contributed by atoms with Crippen LogP contribution in [0, 0.1) is 6.07 Å². The Kier molecular flexibility index (Phi) is 3.20. The summed E-state index contributed by atoms with van der Waals surface area (Å²) in [6.45, 7) is 2.24. The second kappa shape index (κ2) is 4.98. The fraction of sp³-hybridized carbons (Fsp3) is 0.357. The summed E-state index contributed by atoms with van der Waals surface area (Å²) in [6, 6.07) is 11.4. The van der Waals surface area contributed by atoms with Gasteiger partial charge in [-0.25, -0.2) is 4.98 Å². The van der Waals surface area contributed by atoms with Crippen LogP contribution >= 0.6 is 11.3 Å². The van der Waals surface area contributed by atoms with Gasteiger partial charge in [0.2, 0.25) is 0 Å². The Hall–Kier alpha value is -1.19. The van der Waals surface area contributed by atoms with Crippen LogP contribution in [0.2, 0.25) is 0 Å². The second-order valence-corrected chi connectivity index (χ2v) is 5.43. The Labute approximate surface area is 106 Å². The first kappa shape index (κ1) is 10.9. The van der Waals surface area contributed by atoms with Crippen molar-refractivity contribution < 1.29 is 0 Å². The van der Waals surface area contributed by atoms with Crippen molar-refractivity contribution in [3.05, 3.63) is 41.5 Å². The molecule has 1 aliphatic heterocycles. The number of piperidine rings is 1. The van der Waals surface area contributed by atoms with Gasteiger partial charge in [-0.3, -0.25) is 0 Å². The van der Waals surface area contributed by atoms with Crippen LogP contribution in [-0.2, 0) is 0 Å². The molecule has 1 fully saturated rings. The highest BCUT2D eigenvalue weighted by Gasteiger charge is 2.18. The fourth-order valence-corrected chi connectivity index (χ4v) is 3.29. The molecule has 87 valence electrons. The molecule has 0 aliphatic carbocycles. The van der Waals surface area contributed by atoms with Crippen LogP contribution in [0.3, 0.4) is 0 Å². The largest absolute Gasteiger partial charge is 0.317 e. The molecule has 2 aromatic rings. The third kappa shape index (κ3) is 2.40. The van der Waals surface area contributed by atoms with Crippen molar-refractivity contribution in [1.82, 2.24) is 10.3 Å². The van der Waals surface area contributed by atoms with E-state index in [1.165, 1.54) is 22.7 Å². The lowest BCUT2D eigenvalue weighted by Gasteiger charge is -2.20. The van der Waals surface area contributed by atoms with E-state index in [0.717, 1.165) is 18.7 Å². The summed E-state index contributed by atoms with van der Waals surface area (Å²) in [5, 5.41) is 4.68. The molecule has 3 rings (SSSR count). The minimum absolute atomic E-state index is 0.652. The minimum Gasteiger partial charge on any atom is -0.317 e. The Morgan fingerprint density at radius 1 is 1.29 bits per heavy atom. The first-order valence-electron chi connectivity index (χ1n) is 6.07. The maximum absolute atomic E-state index is 4.59. The average Bonchev–Trinajstić information content (AvgIpc) is 2.90. The number of hydrogen-bond acceptors (Lipinski definition) is 3. The number of nitrogens with zero attached hydrogens (tertiary/aromatic N) is 1. The maximum atomic E-state index is 4.59. The molecule has 2 heterocycles. The van der Waals surface area contributed by atoms with Gasteiger partial charge in [0, 0.05) is 17.7 Å². The van der Waals surface area contributed by atoms with Crippen molar-refractivity contribution in [2.24, 2.45) is 0 Å². The highest BCUT2D eigenvalue weighted by molar-refractivity contribution is 7.15. The van der Waals surface area contributed by atoms with Crippen LogP contribution < -0.4 is 5.32 Å². The van der Waals surface area contributed by atoms with Crippen LogP contribution in [0.15, 0.2) is 30.5 Å². The van der Waals surface area contributed by atoms with Gasteiger partial charge >= 0.3 is 0 Å². The zero-order valence-corrected chi connectivity index (χ0v) is 10.5. The van der Waals surface area contributed by atoms with Gasteiger partial charge in [-0.15, -0.1) is 11.3 Å². The Balaban J connectivity index is 1.83. The second-order valence-electron chi connectivity index (χ2n) is 4.36. The van der Waals surface area contributed by atoms with Gasteiger partial charge in [-0.2, -0.15) is 0 Å². The van der Waals surface area contributed by atoms with Gasteiger partial charge in [0.1, 0.15) is 0 Å². The molecule has 1 aromatic heterocycles. The molecule has 1 saturated heterocycles. The van der Waals surface area contributed by atoms with Gasteiger partial charge in [0.25, 0.3) is 0 Å². The van der Waals surface area contributed by atoms with Gasteiger partial charge in [0.05, 0.1) is 9.88 Å². The molecule has 0 unspecified atom stereocenters. The average molecular weight is 243 g/mol. The third-order valence-corrected chi connectivity index (χ3v) is 4.38. The van der Waals surface area contributed by atoms with E-state index in [1.807, 2.05) is 29.7 Å². The van der Waals surface area contributed by atoms with Crippen molar-refractivity contribution in [1.29, 1.82) is 0 Å². The fourth-order valence-electron chi connectivity index (χ4n) is 2.22. The molecule has 2 nitrogen and oxygen atoms in total. The molecule has 3 heteroatoms. The third-order valence-electron chi connectivity index (χ3n) is 3.19. The first-order chi connectivity index (χ1) is 8.43. The normalized spacial score (nSPS) is 17.2. The van der Waals surface area contributed by atoms with E-state index in [9.17, 15) is 0 Å². The zero-order valence-electron chi connectivity index (χ0n) is 9.65. The summed E-state index contributed by atoms with van der Waals surface area (Å²) in [6.07, 6.45) is 4.42.